The van der Waals surface area contributed by atoms with Crippen LogP contribution in [0.15, 0.2) is 67.3 Å². The highest BCUT2D eigenvalue weighted by atomic mass is 16.5. The molecule has 2 aromatic carbocycles. The van der Waals surface area contributed by atoms with Crippen LogP contribution in [-0.2, 0) is 4.79 Å². The van der Waals surface area contributed by atoms with Gasteiger partial charge in [-0.25, -0.2) is 0 Å². The third kappa shape index (κ3) is 7.28. The van der Waals surface area contributed by atoms with Gasteiger partial charge in [-0.15, -0.1) is 6.58 Å². The molecule has 0 aliphatic carbocycles. The molecule has 0 heterocycles. The van der Waals surface area contributed by atoms with Gasteiger partial charge in [0.15, 0.2) is 11.5 Å². The first kappa shape index (κ1) is 20.1. The molecular weight excluding hydrogens is 342 g/mol. The predicted molar refractivity (Wildman–Crippen MR) is 107 cm³/mol. The molecule has 0 unspecified atom stereocenters. The SMILES string of the molecule is C=CCNC(=O)/C=C/c1ccc(OCCOc2ccccc2)c(OCC)c1. The van der Waals surface area contributed by atoms with E-state index in [0.29, 0.717) is 37.9 Å². The Hall–Kier alpha value is -3.21. The van der Waals surface area contributed by atoms with Gasteiger partial charge < -0.3 is 19.5 Å². The molecular formula is C22H25NO4. The average Bonchev–Trinajstić information content (AvgIpc) is 2.70. The molecule has 0 aliphatic rings. The Kier molecular flexibility index (Phi) is 8.50. The van der Waals surface area contributed by atoms with Crippen LogP contribution in [0, 0.1) is 0 Å². The van der Waals surface area contributed by atoms with E-state index in [0.717, 1.165) is 11.3 Å². The van der Waals surface area contributed by atoms with Gasteiger partial charge in [-0.1, -0.05) is 30.3 Å². The molecule has 1 N–H and O–H groups in total. The van der Waals surface area contributed by atoms with Crippen molar-refractivity contribution in [2.75, 3.05) is 26.4 Å². The summed E-state index contributed by atoms with van der Waals surface area (Å²) < 4.78 is 17.1. The van der Waals surface area contributed by atoms with Gasteiger partial charge in [-0.05, 0) is 42.8 Å². The molecule has 0 spiro atoms. The fourth-order valence-electron chi connectivity index (χ4n) is 2.25. The summed E-state index contributed by atoms with van der Waals surface area (Å²) in [6, 6.07) is 15.1. The van der Waals surface area contributed by atoms with Gasteiger partial charge in [0.05, 0.1) is 6.61 Å². The number of ether oxygens (including phenoxy) is 3. The number of carbonyl (C=O) groups excluding carboxylic acids is 1. The standard InChI is InChI=1S/C22H25NO4/c1-3-14-23-22(24)13-11-18-10-12-20(21(17-18)25-4-2)27-16-15-26-19-8-6-5-7-9-19/h3,5-13,17H,1,4,14-16H2,2H3,(H,23,24)/b13-11+. The molecule has 1 amide bonds. The molecule has 0 bridgehead atoms. The Bertz CT molecular complexity index is 756. The second-order valence-corrected chi connectivity index (χ2v) is 5.52. The Morgan fingerprint density at radius 2 is 1.81 bits per heavy atom. The number of benzene rings is 2. The van der Waals surface area contributed by atoms with Crippen LogP contribution in [0.3, 0.4) is 0 Å². The van der Waals surface area contributed by atoms with E-state index in [4.69, 9.17) is 14.2 Å². The van der Waals surface area contributed by atoms with Crippen LogP contribution >= 0.6 is 0 Å². The first-order chi connectivity index (χ1) is 13.2. The molecule has 0 saturated heterocycles. The molecule has 2 rings (SSSR count). The second kappa shape index (κ2) is 11.4. The Morgan fingerprint density at radius 1 is 1.04 bits per heavy atom. The summed E-state index contributed by atoms with van der Waals surface area (Å²) >= 11 is 0. The van der Waals surface area contributed by atoms with E-state index in [2.05, 4.69) is 11.9 Å². The van der Waals surface area contributed by atoms with Crippen molar-refractivity contribution in [3.05, 3.63) is 72.8 Å². The van der Waals surface area contributed by atoms with Crippen molar-refractivity contribution in [3.8, 4) is 17.2 Å². The molecule has 0 saturated carbocycles. The van der Waals surface area contributed by atoms with E-state index in [1.54, 1.807) is 12.2 Å². The van der Waals surface area contributed by atoms with Crippen LogP contribution in [0.5, 0.6) is 17.2 Å². The normalized spacial score (nSPS) is 10.4. The summed E-state index contributed by atoms with van der Waals surface area (Å²) in [5.41, 5.74) is 0.847. The lowest BCUT2D eigenvalue weighted by Gasteiger charge is -2.13. The van der Waals surface area contributed by atoms with E-state index in [-0.39, 0.29) is 5.91 Å². The third-order valence-corrected chi connectivity index (χ3v) is 3.47. The van der Waals surface area contributed by atoms with Crippen LogP contribution in [0.4, 0.5) is 0 Å². The third-order valence-electron chi connectivity index (χ3n) is 3.47. The molecule has 5 nitrogen and oxygen atoms in total. The zero-order valence-electron chi connectivity index (χ0n) is 15.5. The number of nitrogens with one attached hydrogen (secondary N) is 1. The average molecular weight is 367 g/mol. The van der Waals surface area contributed by atoms with Crippen molar-refractivity contribution < 1.29 is 19.0 Å². The van der Waals surface area contributed by atoms with E-state index in [1.165, 1.54) is 6.08 Å². The molecule has 0 radical (unpaired) electrons. The molecule has 0 aromatic heterocycles. The van der Waals surface area contributed by atoms with Gasteiger partial charge in [0.2, 0.25) is 5.91 Å². The van der Waals surface area contributed by atoms with Crippen LogP contribution in [0.2, 0.25) is 0 Å². The van der Waals surface area contributed by atoms with E-state index in [1.807, 2.05) is 55.5 Å². The summed E-state index contributed by atoms with van der Waals surface area (Å²) in [6.45, 7) is 7.25. The van der Waals surface area contributed by atoms with Gasteiger partial charge in [-0.2, -0.15) is 0 Å². The maximum absolute atomic E-state index is 11.6. The zero-order valence-corrected chi connectivity index (χ0v) is 15.5. The van der Waals surface area contributed by atoms with Crippen molar-refractivity contribution in [1.29, 1.82) is 0 Å². The highest BCUT2D eigenvalue weighted by Gasteiger charge is 2.06. The van der Waals surface area contributed by atoms with Crippen LogP contribution in [0.1, 0.15) is 12.5 Å². The number of carbonyl (C=O) groups is 1. The lowest BCUT2D eigenvalue weighted by atomic mass is 10.2. The smallest absolute Gasteiger partial charge is 0.244 e. The van der Waals surface area contributed by atoms with Crippen molar-refractivity contribution in [1.82, 2.24) is 5.32 Å². The van der Waals surface area contributed by atoms with Crippen LogP contribution in [-0.4, -0.2) is 32.3 Å². The fraction of sp³-hybridized carbons (Fsp3) is 0.227. The second-order valence-electron chi connectivity index (χ2n) is 5.52. The largest absolute Gasteiger partial charge is 0.490 e. The maximum atomic E-state index is 11.6. The molecule has 0 fully saturated rings. The minimum absolute atomic E-state index is 0.175. The Labute approximate surface area is 160 Å². The van der Waals surface area contributed by atoms with Gasteiger partial charge >= 0.3 is 0 Å². The van der Waals surface area contributed by atoms with Crippen LogP contribution in [0.25, 0.3) is 6.08 Å². The predicted octanol–water partition coefficient (Wildman–Crippen LogP) is 3.86. The topological polar surface area (TPSA) is 56.8 Å². The molecule has 5 heteroatoms. The van der Waals surface area contributed by atoms with Crippen LogP contribution < -0.4 is 19.5 Å². The molecule has 0 atom stereocenters. The first-order valence-corrected chi connectivity index (χ1v) is 8.87. The highest BCUT2D eigenvalue weighted by Crippen LogP contribution is 2.29. The summed E-state index contributed by atoms with van der Waals surface area (Å²) in [4.78, 5) is 11.6. The van der Waals surface area contributed by atoms with Gasteiger partial charge in [-0.3, -0.25) is 4.79 Å². The minimum atomic E-state index is -0.175. The lowest BCUT2D eigenvalue weighted by Crippen LogP contribution is -2.20. The molecule has 27 heavy (non-hydrogen) atoms. The molecule has 0 aliphatic heterocycles. The summed E-state index contributed by atoms with van der Waals surface area (Å²) in [6.07, 6.45) is 4.83. The summed E-state index contributed by atoms with van der Waals surface area (Å²) in [7, 11) is 0. The quantitative estimate of drug-likeness (QED) is 0.372. The number of para-hydroxylation sites is 1. The zero-order chi connectivity index (χ0) is 19.3. The van der Waals surface area contributed by atoms with E-state index < -0.39 is 0 Å². The van der Waals surface area contributed by atoms with Gasteiger partial charge in [0.1, 0.15) is 19.0 Å². The first-order valence-electron chi connectivity index (χ1n) is 8.87. The number of rotatable bonds is 11. The number of hydrogen-bond acceptors (Lipinski definition) is 4. The maximum Gasteiger partial charge on any atom is 0.244 e. The summed E-state index contributed by atoms with van der Waals surface area (Å²) in [5.74, 6) is 1.90. The van der Waals surface area contributed by atoms with Gasteiger partial charge in [0.25, 0.3) is 0 Å². The Morgan fingerprint density at radius 3 is 2.56 bits per heavy atom. The van der Waals surface area contributed by atoms with Crippen molar-refractivity contribution in [2.24, 2.45) is 0 Å². The Balaban J connectivity index is 1.92. The lowest BCUT2D eigenvalue weighted by molar-refractivity contribution is -0.116. The summed E-state index contributed by atoms with van der Waals surface area (Å²) in [5, 5.41) is 2.69. The van der Waals surface area contributed by atoms with E-state index >= 15 is 0 Å². The number of amides is 1. The highest BCUT2D eigenvalue weighted by molar-refractivity contribution is 5.91. The number of hydrogen-bond donors (Lipinski definition) is 1. The minimum Gasteiger partial charge on any atom is -0.490 e. The van der Waals surface area contributed by atoms with Crippen molar-refractivity contribution in [2.45, 2.75) is 6.92 Å². The van der Waals surface area contributed by atoms with E-state index in [9.17, 15) is 4.79 Å². The molecule has 2 aromatic rings. The monoisotopic (exact) mass is 367 g/mol. The fourth-order valence-corrected chi connectivity index (χ4v) is 2.25. The van der Waals surface area contributed by atoms with Gasteiger partial charge in [0, 0.05) is 12.6 Å². The molecule has 142 valence electrons. The van der Waals surface area contributed by atoms with Crippen molar-refractivity contribution in [3.63, 3.8) is 0 Å². The van der Waals surface area contributed by atoms with Crippen molar-refractivity contribution >= 4 is 12.0 Å².